The molecule has 3 nitrogen and oxygen atoms in total. The molecule has 2 aromatic rings. The van der Waals surface area contributed by atoms with Gasteiger partial charge >= 0.3 is 0 Å². The Bertz CT molecular complexity index is 499. The number of pyridine rings is 1. The second kappa shape index (κ2) is 5.21. The molecule has 0 fully saturated rings. The molecule has 0 saturated heterocycles. The van der Waals surface area contributed by atoms with Crippen molar-refractivity contribution in [2.75, 3.05) is 5.73 Å². The molecule has 0 saturated carbocycles. The minimum atomic E-state index is 0.814. The summed E-state index contributed by atoms with van der Waals surface area (Å²) >= 11 is 0. The Balaban J connectivity index is 2.18. The number of fused-ring (bicyclic) bond motifs is 1. The van der Waals surface area contributed by atoms with Crippen LogP contribution in [0.5, 0.6) is 0 Å². The minimum Gasteiger partial charge on any atom is -0.383 e. The van der Waals surface area contributed by atoms with E-state index in [0.717, 1.165) is 29.3 Å². The van der Waals surface area contributed by atoms with Crippen molar-refractivity contribution in [2.24, 2.45) is 0 Å². The van der Waals surface area contributed by atoms with E-state index in [-0.39, 0.29) is 0 Å². The lowest BCUT2D eigenvalue weighted by Gasteiger charge is -2.01. The third-order valence-corrected chi connectivity index (χ3v) is 3.22. The molecule has 0 unspecified atom stereocenters. The molecule has 0 bridgehead atoms. The van der Waals surface area contributed by atoms with Crippen LogP contribution in [0.2, 0.25) is 0 Å². The summed E-state index contributed by atoms with van der Waals surface area (Å²) in [5, 5.41) is 0. The zero-order chi connectivity index (χ0) is 12.3. The van der Waals surface area contributed by atoms with Crippen molar-refractivity contribution in [3.63, 3.8) is 0 Å². The third-order valence-electron chi connectivity index (χ3n) is 3.22. The number of aromatic nitrogens is 2. The summed E-state index contributed by atoms with van der Waals surface area (Å²) in [6.07, 6.45) is 6.00. The lowest BCUT2D eigenvalue weighted by atomic mass is 10.1. The minimum absolute atomic E-state index is 0.814. The molecule has 2 heterocycles. The number of nitrogen functional groups attached to an aromatic ring is 1. The highest BCUT2D eigenvalue weighted by Gasteiger charge is 2.09. The van der Waals surface area contributed by atoms with E-state index in [1.54, 1.807) is 0 Å². The molecule has 0 spiro atoms. The second-order valence-corrected chi connectivity index (χ2v) is 4.62. The van der Waals surface area contributed by atoms with Gasteiger partial charge in [-0.3, -0.25) is 4.40 Å². The fourth-order valence-electron chi connectivity index (χ4n) is 2.23. The number of hydrogen-bond donors (Lipinski definition) is 1. The Labute approximate surface area is 103 Å². The molecule has 0 aliphatic rings. The van der Waals surface area contributed by atoms with Crippen molar-refractivity contribution in [3.8, 4) is 0 Å². The Morgan fingerprint density at radius 2 is 2.06 bits per heavy atom. The van der Waals surface area contributed by atoms with Gasteiger partial charge in [0.2, 0.25) is 0 Å². The molecule has 3 heteroatoms. The predicted octanol–water partition coefficient (Wildman–Crippen LogP) is 3.35. The van der Waals surface area contributed by atoms with Crippen LogP contribution >= 0.6 is 0 Å². The molecule has 0 atom stereocenters. The van der Waals surface area contributed by atoms with Crippen molar-refractivity contribution in [1.82, 2.24) is 9.38 Å². The Kier molecular flexibility index (Phi) is 3.67. The average Bonchev–Trinajstić information content (AvgIpc) is 2.63. The summed E-state index contributed by atoms with van der Waals surface area (Å²) in [7, 11) is 0. The molecule has 92 valence electrons. The number of anilines is 1. The van der Waals surface area contributed by atoms with Crippen LogP contribution in [-0.4, -0.2) is 9.38 Å². The summed E-state index contributed by atoms with van der Waals surface area (Å²) in [6.45, 7) is 4.29. The summed E-state index contributed by atoms with van der Waals surface area (Å²) in [5.74, 6) is 0.814. The molecule has 0 aliphatic heterocycles. The average molecular weight is 231 g/mol. The maximum Gasteiger partial charge on any atom is 0.138 e. The van der Waals surface area contributed by atoms with Crippen LogP contribution in [0.25, 0.3) is 5.65 Å². The van der Waals surface area contributed by atoms with Crippen LogP contribution in [0.15, 0.2) is 18.2 Å². The van der Waals surface area contributed by atoms with Crippen molar-refractivity contribution in [1.29, 1.82) is 0 Å². The molecule has 2 aromatic heterocycles. The number of nitrogens with zero attached hydrogens (tertiary/aromatic N) is 2. The number of imidazole rings is 1. The van der Waals surface area contributed by atoms with Gasteiger partial charge in [0.15, 0.2) is 0 Å². The molecule has 0 radical (unpaired) electrons. The zero-order valence-electron chi connectivity index (χ0n) is 10.7. The summed E-state index contributed by atoms with van der Waals surface area (Å²) < 4.78 is 2.04. The highest BCUT2D eigenvalue weighted by Crippen LogP contribution is 2.19. The van der Waals surface area contributed by atoms with Gasteiger partial charge in [0.1, 0.15) is 11.5 Å². The first-order valence-electron chi connectivity index (χ1n) is 6.46. The van der Waals surface area contributed by atoms with E-state index < -0.39 is 0 Å². The van der Waals surface area contributed by atoms with Crippen LogP contribution in [0.1, 0.15) is 44.0 Å². The van der Waals surface area contributed by atoms with Gasteiger partial charge < -0.3 is 5.73 Å². The fraction of sp³-hybridized carbons (Fsp3) is 0.500. The fourth-order valence-corrected chi connectivity index (χ4v) is 2.23. The van der Waals surface area contributed by atoms with E-state index >= 15 is 0 Å². The van der Waals surface area contributed by atoms with Gasteiger partial charge in [-0.2, -0.15) is 0 Å². The highest BCUT2D eigenvalue weighted by molar-refractivity contribution is 5.54. The lowest BCUT2D eigenvalue weighted by molar-refractivity contribution is 0.663. The van der Waals surface area contributed by atoms with Crippen molar-refractivity contribution in [2.45, 2.75) is 46.0 Å². The molecule has 17 heavy (non-hydrogen) atoms. The lowest BCUT2D eigenvalue weighted by Crippen LogP contribution is -1.99. The van der Waals surface area contributed by atoms with Crippen molar-refractivity contribution in [3.05, 3.63) is 29.6 Å². The molecule has 2 N–H and O–H groups in total. The van der Waals surface area contributed by atoms with Crippen LogP contribution in [-0.2, 0) is 6.42 Å². The van der Waals surface area contributed by atoms with Gasteiger partial charge in [0.25, 0.3) is 0 Å². The molecular weight excluding hydrogens is 210 g/mol. The maximum absolute atomic E-state index is 6.16. The normalized spacial score (nSPS) is 11.2. The van der Waals surface area contributed by atoms with Crippen LogP contribution in [0, 0.1) is 6.92 Å². The van der Waals surface area contributed by atoms with Gasteiger partial charge in [-0.1, -0.05) is 32.3 Å². The summed E-state index contributed by atoms with van der Waals surface area (Å²) in [5.41, 5.74) is 9.32. The van der Waals surface area contributed by atoms with Gasteiger partial charge in [-0.05, 0) is 31.9 Å². The zero-order valence-corrected chi connectivity index (χ0v) is 10.7. The second-order valence-electron chi connectivity index (χ2n) is 4.62. The molecule has 0 aromatic carbocycles. The first kappa shape index (κ1) is 12.0. The maximum atomic E-state index is 6.16. The molecular formula is C14H21N3. The van der Waals surface area contributed by atoms with Gasteiger partial charge in [0.05, 0.1) is 5.69 Å². The van der Waals surface area contributed by atoms with E-state index in [1.165, 1.54) is 25.7 Å². The summed E-state index contributed by atoms with van der Waals surface area (Å²) in [4.78, 5) is 4.61. The van der Waals surface area contributed by atoms with Crippen LogP contribution in [0.4, 0.5) is 5.82 Å². The van der Waals surface area contributed by atoms with Gasteiger partial charge in [-0.15, -0.1) is 0 Å². The number of hydrogen-bond acceptors (Lipinski definition) is 2. The Hall–Kier alpha value is -1.51. The molecule has 2 rings (SSSR count). The third kappa shape index (κ3) is 2.43. The topological polar surface area (TPSA) is 43.3 Å². The van der Waals surface area contributed by atoms with Crippen LogP contribution < -0.4 is 5.73 Å². The van der Waals surface area contributed by atoms with E-state index in [0.29, 0.717) is 0 Å². The standard InChI is InChI=1S/C14H21N3/c1-3-4-5-6-9-12-14(15)17-11(2)8-7-10-13(17)16-12/h7-8,10H,3-6,9,15H2,1-2H3. The SMILES string of the molecule is CCCCCCc1nc2cccc(C)n2c1N. The van der Waals surface area contributed by atoms with Crippen LogP contribution in [0.3, 0.4) is 0 Å². The highest BCUT2D eigenvalue weighted by atomic mass is 15.1. The Morgan fingerprint density at radius 3 is 2.76 bits per heavy atom. The van der Waals surface area contributed by atoms with E-state index in [2.05, 4.69) is 24.9 Å². The van der Waals surface area contributed by atoms with E-state index in [1.807, 2.05) is 16.5 Å². The smallest absolute Gasteiger partial charge is 0.138 e. The largest absolute Gasteiger partial charge is 0.383 e. The van der Waals surface area contributed by atoms with Gasteiger partial charge in [-0.25, -0.2) is 4.98 Å². The summed E-state index contributed by atoms with van der Waals surface area (Å²) in [6, 6.07) is 6.10. The number of nitrogens with two attached hydrogens (primary N) is 1. The van der Waals surface area contributed by atoms with Gasteiger partial charge in [0, 0.05) is 5.69 Å². The first-order valence-corrected chi connectivity index (χ1v) is 6.46. The molecule has 0 aliphatic carbocycles. The Morgan fingerprint density at radius 1 is 1.24 bits per heavy atom. The number of unbranched alkanes of at least 4 members (excludes halogenated alkanes) is 3. The molecule has 0 amide bonds. The number of aryl methyl sites for hydroxylation is 2. The first-order chi connectivity index (χ1) is 8.24. The quantitative estimate of drug-likeness (QED) is 0.802. The van der Waals surface area contributed by atoms with Crippen molar-refractivity contribution < 1.29 is 0 Å². The monoisotopic (exact) mass is 231 g/mol. The van der Waals surface area contributed by atoms with E-state index in [9.17, 15) is 0 Å². The number of rotatable bonds is 5. The van der Waals surface area contributed by atoms with Crippen molar-refractivity contribution >= 4 is 11.5 Å². The predicted molar refractivity (Wildman–Crippen MR) is 72.2 cm³/mol. The van der Waals surface area contributed by atoms with E-state index in [4.69, 9.17) is 5.73 Å².